The van der Waals surface area contributed by atoms with Crippen LogP contribution in [-0.2, 0) is 6.42 Å². The van der Waals surface area contributed by atoms with Crippen LogP contribution in [0.4, 0.5) is 13.2 Å². The Hall–Kier alpha value is -2.68. The molecule has 1 saturated heterocycles. The predicted molar refractivity (Wildman–Crippen MR) is 137 cm³/mol. The van der Waals surface area contributed by atoms with Crippen LogP contribution < -0.4 is 4.74 Å². The zero-order chi connectivity index (χ0) is 26.6. The van der Waals surface area contributed by atoms with Crippen LogP contribution in [0.5, 0.6) is 5.75 Å². The Morgan fingerprint density at radius 1 is 1.14 bits per heavy atom. The maximum absolute atomic E-state index is 13.9. The van der Waals surface area contributed by atoms with Gasteiger partial charge in [-0.3, -0.25) is 4.98 Å². The number of piperidine rings is 1. The number of halogens is 3. The Balaban J connectivity index is 1.33. The summed E-state index contributed by atoms with van der Waals surface area (Å²) in [5, 5.41) is 22.3. The second kappa shape index (κ2) is 11.8. The summed E-state index contributed by atoms with van der Waals surface area (Å²) in [6, 6.07) is 7.25. The number of methoxy groups -OCH3 is 1. The molecule has 0 aliphatic carbocycles. The molecule has 200 valence electrons. The van der Waals surface area contributed by atoms with Gasteiger partial charge in [-0.05, 0) is 111 Å². The Morgan fingerprint density at radius 2 is 1.89 bits per heavy atom. The largest absolute Gasteiger partial charge is 0.497 e. The maximum atomic E-state index is 13.9. The monoisotopic (exact) mass is 516 g/mol. The molecule has 5 nitrogen and oxygen atoms in total. The van der Waals surface area contributed by atoms with Gasteiger partial charge in [0.2, 0.25) is 0 Å². The molecule has 1 aromatic heterocycles. The first-order valence-electron chi connectivity index (χ1n) is 12.8. The molecule has 2 heterocycles. The molecule has 2 N–H and O–H groups in total. The van der Waals surface area contributed by atoms with Crippen molar-refractivity contribution in [2.24, 2.45) is 5.41 Å². The second-order valence-electron chi connectivity index (χ2n) is 10.3. The summed E-state index contributed by atoms with van der Waals surface area (Å²) in [5.41, 5.74) is 2.34. The molecular formula is C29H35F3N2O3. The van der Waals surface area contributed by atoms with Gasteiger partial charge in [0.05, 0.1) is 18.7 Å². The summed E-state index contributed by atoms with van der Waals surface area (Å²) in [6.45, 7) is 4.21. The average molecular weight is 517 g/mol. The van der Waals surface area contributed by atoms with Crippen molar-refractivity contribution >= 4 is 10.9 Å². The van der Waals surface area contributed by atoms with E-state index in [1.807, 2.05) is 25.1 Å². The molecule has 0 saturated carbocycles. The van der Waals surface area contributed by atoms with Gasteiger partial charge in [0, 0.05) is 24.3 Å². The van der Waals surface area contributed by atoms with Crippen LogP contribution in [0, 0.1) is 29.8 Å². The summed E-state index contributed by atoms with van der Waals surface area (Å²) in [5.74, 6) is -2.20. The van der Waals surface area contributed by atoms with Crippen molar-refractivity contribution in [1.82, 2.24) is 9.88 Å². The van der Waals surface area contributed by atoms with Crippen LogP contribution in [0.25, 0.3) is 10.9 Å². The number of aliphatic hydroxyl groups excluding tert-OH is 2. The minimum atomic E-state index is -1.16. The summed E-state index contributed by atoms with van der Waals surface area (Å²) in [6.07, 6.45) is 4.69. The summed E-state index contributed by atoms with van der Waals surface area (Å²) >= 11 is 0. The molecule has 1 atom stereocenters. The highest BCUT2D eigenvalue weighted by molar-refractivity contribution is 5.84. The summed E-state index contributed by atoms with van der Waals surface area (Å²) < 4.78 is 46.1. The SMILES string of the molecule is COc1ccc2ncc(C)c([C@H](O)CCC3(CO)CCN(CCCc4cc(F)cc(F)c4F)CC3)c2c1. The standard InChI is InChI=1S/C29H35F3N2O3/c1-19-17-33-25-6-5-22(37-2)16-23(25)27(19)26(36)7-8-29(18-35)9-12-34(13-10-29)11-3-4-20-14-21(30)15-24(31)28(20)32/h5-6,14-17,26,35-36H,3-4,7-13,18H2,1-2H3/t26-/m1/s1. The molecule has 0 unspecified atom stereocenters. The van der Waals surface area contributed by atoms with Gasteiger partial charge in [0.15, 0.2) is 11.6 Å². The number of aliphatic hydroxyl groups is 2. The normalized spacial score (nSPS) is 16.7. The lowest BCUT2D eigenvalue weighted by atomic mass is 9.74. The highest BCUT2D eigenvalue weighted by atomic mass is 19.2. The second-order valence-corrected chi connectivity index (χ2v) is 10.3. The van der Waals surface area contributed by atoms with Crippen LogP contribution in [0.3, 0.4) is 0 Å². The van der Waals surface area contributed by atoms with E-state index in [2.05, 4.69) is 9.88 Å². The highest BCUT2D eigenvalue weighted by Gasteiger charge is 2.34. The molecule has 37 heavy (non-hydrogen) atoms. The molecule has 1 aliphatic rings. The van der Waals surface area contributed by atoms with Crippen LogP contribution in [0.2, 0.25) is 0 Å². The molecule has 0 spiro atoms. The molecule has 1 aliphatic heterocycles. The quantitative estimate of drug-likeness (QED) is 0.349. The van der Waals surface area contributed by atoms with Crippen molar-refractivity contribution in [3.8, 4) is 5.75 Å². The topological polar surface area (TPSA) is 65.8 Å². The fraction of sp³-hybridized carbons (Fsp3) is 0.483. The lowest BCUT2D eigenvalue weighted by molar-refractivity contribution is 0.0234. The number of likely N-dealkylation sites (tertiary alicyclic amines) is 1. The number of hydrogen-bond acceptors (Lipinski definition) is 5. The third kappa shape index (κ3) is 6.25. The Morgan fingerprint density at radius 3 is 2.59 bits per heavy atom. The van der Waals surface area contributed by atoms with E-state index in [1.165, 1.54) is 0 Å². The van der Waals surface area contributed by atoms with Gasteiger partial charge in [-0.1, -0.05) is 0 Å². The summed E-state index contributed by atoms with van der Waals surface area (Å²) in [4.78, 5) is 6.72. The fourth-order valence-corrected chi connectivity index (χ4v) is 5.47. The van der Waals surface area contributed by atoms with Gasteiger partial charge in [0.25, 0.3) is 0 Å². The van der Waals surface area contributed by atoms with Gasteiger partial charge >= 0.3 is 0 Å². The van der Waals surface area contributed by atoms with Crippen molar-refractivity contribution in [3.63, 3.8) is 0 Å². The van der Waals surface area contributed by atoms with E-state index < -0.39 is 23.6 Å². The average Bonchev–Trinajstić information content (AvgIpc) is 2.90. The number of rotatable bonds is 10. The fourth-order valence-electron chi connectivity index (χ4n) is 5.47. The van der Waals surface area contributed by atoms with Crippen molar-refractivity contribution in [1.29, 1.82) is 0 Å². The van der Waals surface area contributed by atoms with Crippen molar-refractivity contribution in [2.75, 3.05) is 33.4 Å². The summed E-state index contributed by atoms with van der Waals surface area (Å²) in [7, 11) is 1.61. The number of nitrogens with zero attached hydrogens (tertiary/aromatic N) is 2. The van der Waals surface area contributed by atoms with Crippen LogP contribution >= 0.6 is 0 Å². The van der Waals surface area contributed by atoms with Gasteiger partial charge in [-0.15, -0.1) is 0 Å². The lowest BCUT2D eigenvalue weighted by Gasteiger charge is -2.41. The first kappa shape index (κ1) is 27.4. The number of aryl methyl sites for hydroxylation is 2. The van der Waals surface area contributed by atoms with E-state index in [9.17, 15) is 23.4 Å². The van der Waals surface area contributed by atoms with E-state index in [4.69, 9.17) is 4.74 Å². The number of ether oxygens (including phenoxy) is 1. The zero-order valence-corrected chi connectivity index (χ0v) is 21.4. The minimum absolute atomic E-state index is 0.0469. The third-order valence-corrected chi connectivity index (χ3v) is 7.84. The van der Waals surface area contributed by atoms with E-state index in [1.54, 1.807) is 13.3 Å². The maximum Gasteiger partial charge on any atom is 0.162 e. The number of aromatic nitrogens is 1. The van der Waals surface area contributed by atoms with Crippen LogP contribution in [0.1, 0.15) is 54.9 Å². The molecule has 8 heteroatoms. The molecule has 1 fully saturated rings. The number of benzene rings is 2. The Labute approximate surface area is 215 Å². The van der Waals surface area contributed by atoms with Crippen molar-refractivity contribution < 1.29 is 28.1 Å². The molecule has 3 aromatic rings. The first-order valence-corrected chi connectivity index (χ1v) is 12.8. The van der Waals surface area contributed by atoms with E-state index in [0.29, 0.717) is 37.6 Å². The molecule has 0 radical (unpaired) electrons. The van der Waals surface area contributed by atoms with Crippen molar-refractivity contribution in [3.05, 3.63) is 70.7 Å². The molecule has 0 bridgehead atoms. The Bertz CT molecular complexity index is 1230. The van der Waals surface area contributed by atoms with Gasteiger partial charge in [0.1, 0.15) is 11.6 Å². The molecular weight excluding hydrogens is 481 g/mol. The van der Waals surface area contributed by atoms with E-state index in [-0.39, 0.29) is 24.0 Å². The van der Waals surface area contributed by atoms with E-state index >= 15 is 0 Å². The lowest BCUT2D eigenvalue weighted by Crippen LogP contribution is -2.42. The third-order valence-electron chi connectivity index (χ3n) is 7.84. The number of pyridine rings is 1. The van der Waals surface area contributed by atoms with Gasteiger partial charge in [-0.2, -0.15) is 0 Å². The van der Waals surface area contributed by atoms with Crippen LogP contribution in [0.15, 0.2) is 36.5 Å². The van der Waals surface area contributed by atoms with Gasteiger partial charge < -0.3 is 19.8 Å². The molecule has 2 aromatic carbocycles. The van der Waals surface area contributed by atoms with Crippen molar-refractivity contribution in [2.45, 2.75) is 51.6 Å². The smallest absolute Gasteiger partial charge is 0.162 e. The zero-order valence-electron chi connectivity index (χ0n) is 21.4. The molecule has 0 amide bonds. The predicted octanol–water partition coefficient (Wildman–Crippen LogP) is 5.49. The highest BCUT2D eigenvalue weighted by Crippen LogP contribution is 2.39. The van der Waals surface area contributed by atoms with Gasteiger partial charge in [-0.25, -0.2) is 13.2 Å². The first-order chi connectivity index (χ1) is 17.7. The minimum Gasteiger partial charge on any atom is -0.497 e. The number of fused-ring (bicyclic) bond motifs is 1. The number of hydrogen-bond donors (Lipinski definition) is 2. The Kier molecular flexibility index (Phi) is 8.72. The molecule has 4 rings (SSSR count). The van der Waals surface area contributed by atoms with Crippen LogP contribution in [-0.4, -0.2) is 53.4 Å². The van der Waals surface area contributed by atoms with E-state index in [0.717, 1.165) is 54.0 Å².